The number of rotatable bonds is 8. The van der Waals surface area contributed by atoms with Gasteiger partial charge in [-0.3, -0.25) is 9.59 Å². The molecule has 1 aromatic heterocycles. The van der Waals surface area contributed by atoms with Crippen molar-refractivity contribution in [3.63, 3.8) is 0 Å². The number of benzene rings is 2. The van der Waals surface area contributed by atoms with Gasteiger partial charge in [-0.05, 0) is 55.0 Å². The molecule has 0 saturated heterocycles. The number of pyridine rings is 1. The largest absolute Gasteiger partial charge is 0.488 e. The van der Waals surface area contributed by atoms with Crippen molar-refractivity contribution < 1.29 is 9.53 Å². The molecule has 28 heavy (non-hydrogen) atoms. The molecular weight excluding hydrogens is 354 g/mol. The predicted octanol–water partition coefficient (Wildman–Crippen LogP) is 4.02. The van der Waals surface area contributed by atoms with E-state index in [4.69, 9.17) is 4.74 Å². The molecule has 0 aliphatic rings. The summed E-state index contributed by atoms with van der Waals surface area (Å²) in [6.45, 7) is 2.36. The third kappa shape index (κ3) is 5.23. The zero-order valence-electron chi connectivity index (χ0n) is 15.7. The summed E-state index contributed by atoms with van der Waals surface area (Å²) in [5.41, 5.74) is 2.26. The van der Waals surface area contributed by atoms with Crippen LogP contribution in [-0.4, -0.2) is 17.1 Å². The first-order chi connectivity index (χ1) is 13.7. The lowest BCUT2D eigenvalue weighted by Gasteiger charge is -2.11. The van der Waals surface area contributed by atoms with E-state index in [9.17, 15) is 9.59 Å². The number of amides is 1. The Morgan fingerprint density at radius 3 is 2.32 bits per heavy atom. The molecule has 0 saturated carbocycles. The first kappa shape index (κ1) is 19.2. The summed E-state index contributed by atoms with van der Waals surface area (Å²) in [6.07, 6.45) is 2.39. The normalized spacial score (nSPS) is 10.3. The van der Waals surface area contributed by atoms with E-state index in [-0.39, 0.29) is 23.8 Å². The van der Waals surface area contributed by atoms with Crippen molar-refractivity contribution in [2.24, 2.45) is 0 Å². The van der Waals surface area contributed by atoms with Gasteiger partial charge >= 0.3 is 0 Å². The summed E-state index contributed by atoms with van der Waals surface area (Å²) in [5.74, 6) is -0.0213. The Morgan fingerprint density at radius 1 is 0.929 bits per heavy atom. The van der Waals surface area contributed by atoms with Gasteiger partial charge in [-0.15, -0.1) is 0 Å². The highest BCUT2D eigenvalue weighted by Crippen LogP contribution is 2.18. The van der Waals surface area contributed by atoms with Gasteiger partial charge in [-0.2, -0.15) is 0 Å². The van der Waals surface area contributed by atoms with Crippen LogP contribution in [0.25, 0.3) is 0 Å². The van der Waals surface area contributed by atoms with Gasteiger partial charge in [-0.1, -0.05) is 25.1 Å². The van der Waals surface area contributed by atoms with E-state index in [1.807, 2.05) is 61.5 Å². The molecule has 2 N–H and O–H groups in total. The van der Waals surface area contributed by atoms with Crippen LogP contribution in [0.3, 0.4) is 0 Å². The SMILES string of the molecule is CCCOc1cccn(CC(=O)Nc2ccc(Nc3ccccc3)cc2)c1=O. The molecule has 1 amide bonds. The van der Waals surface area contributed by atoms with Crippen molar-refractivity contribution in [3.05, 3.63) is 83.3 Å². The molecule has 0 atom stereocenters. The number of para-hydroxylation sites is 1. The van der Waals surface area contributed by atoms with E-state index in [2.05, 4.69) is 10.6 Å². The number of ether oxygens (including phenoxy) is 1. The van der Waals surface area contributed by atoms with Gasteiger partial charge in [0.25, 0.3) is 5.56 Å². The first-order valence-electron chi connectivity index (χ1n) is 9.20. The van der Waals surface area contributed by atoms with E-state index in [0.717, 1.165) is 17.8 Å². The fourth-order valence-corrected chi connectivity index (χ4v) is 2.64. The Balaban J connectivity index is 1.60. The van der Waals surface area contributed by atoms with Gasteiger partial charge in [0.05, 0.1) is 6.61 Å². The molecule has 0 aliphatic carbocycles. The second-order valence-corrected chi connectivity index (χ2v) is 6.27. The lowest BCUT2D eigenvalue weighted by molar-refractivity contribution is -0.116. The van der Waals surface area contributed by atoms with Gasteiger partial charge in [0.2, 0.25) is 5.91 Å². The van der Waals surface area contributed by atoms with Gasteiger partial charge in [0.15, 0.2) is 5.75 Å². The molecule has 3 rings (SSSR count). The summed E-state index contributed by atoms with van der Waals surface area (Å²) < 4.78 is 6.76. The zero-order valence-corrected chi connectivity index (χ0v) is 15.7. The molecule has 144 valence electrons. The van der Waals surface area contributed by atoms with Crippen LogP contribution < -0.4 is 20.9 Å². The number of carbonyl (C=O) groups excluding carboxylic acids is 1. The van der Waals surface area contributed by atoms with E-state index in [0.29, 0.717) is 12.3 Å². The molecule has 0 aliphatic heterocycles. The average Bonchev–Trinajstić information content (AvgIpc) is 2.71. The fraction of sp³-hybridized carbons (Fsp3) is 0.182. The highest BCUT2D eigenvalue weighted by Gasteiger charge is 2.09. The minimum atomic E-state index is -0.312. The van der Waals surface area contributed by atoms with Crippen molar-refractivity contribution in [2.75, 3.05) is 17.2 Å². The summed E-state index contributed by atoms with van der Waals surface area (Å²) in [5, 5.41) is 6.09. The van der Waals surface area contributed by atoms with Crippen LogP contribution in [0.5, 0.6) is 5.75 Å². The molecule has 6 nitrogen and oxygen atoms in total. The molecule has 6 heteroatoms. The maximum absolute atomic E-state index is 12.3. The minimum Gasteiger partial charge on any atom is -0.488 e. The number of nitrogens with one attached hydrogen (secondary N) is 2. The number of nitrogens with zero attached hydrogens (tertiary/aromatic N) is 1. The van der Waals surface area contributed by atoms with Crippen LogP contribution in [-0.2, 0) is 11.3 Å². The van der Waals surface area contributed by atoms with E-state index >= 15 is 0 Å². The molecule has 0 spiro atoms. The molecule has 0 bridgehead atoms. The van der Waals surface area contributed by atoms with Crippen LogP contribution in [0, 0.1) is 0 Å². The molecule has 0 radical (unpaired) electrons. The fourth-order valence-electron chi connectivity index (χ4n) is 2.64. The Hall–Kier alpha value is -3.54. The third-order valence-corrected chi connectivity index (χ3v) is 3.99. The van der Waals surface area contributed by atoms with Gasteiger partial charge < -0.3 is 19.9 Å². The maximum Gasteiger partial charge on any atom is 0.293 e. The Kier molecular flexibility index (Phi) is 6.46. The lowest BCUT2D eigenvalue weighted by atomic mass is 10.2. The van der Waals surface area contributed by atoms with Gasteiger partial charge in [0.1, 0.15) is 6.54 Å². The number of hydrogen-bond acceptors (Lipinski definition) is 4. The van der Waals surface area contributed by atoms with E-state index in [1.54, 1.807) is 18.3 Å². The van der Waals surface area contributed by atoms with Crippen molar-refractivity contribution >= 4 is 23.0 Å². The summed E-state index contributed by atoms with van der Waals surface area (Å²) >= 11 is 0. The van der Waals surface area contributed by atoms with Crippen molar-refractivity contribution in [3.8, 4) is 5.75 Å². The zero-order chi connectivity index (χ0) is 19.8. The molecular formula is C22H23N3O3. The van der Waals surface area contributed by atoms with Crippen LogP contribution in [0.2, 0.25) is 0 Å². The lowest BCUT2D eigenvalue weighted by Crippen LogP contribution is -2.28. The molecule has 0 fully saturated rings. The van der Waals surface area contributed by atoms with Crippen molar-refractivity contribution in [2.45, 2.75) is 19.9 Å². The summed E-state index contributed by atoms with van der Waals surface area (Å²) in [6, 6.07) is 20.5. The van der Waals surface area contributed by atoms with Crippen LogP contribution in [0.4, 0.5) is 17.1 Å². The van der Waals surface area contributed by atoms with E-state index in [1.165, 1.54) is 4.57 Å². The second kappa shape index (κ2) is 9.41. The van der Waals surface area contributed by atoms with Gasteiger partial charge in [0, 0.05) is 23.3 Å². The van der Waals surface area contributed by atoms with Crippen LogP contribution >= 0.6 is 0 Å². The van der Waals surface area contributed by atoms with Crippen LogP contribution in [0.15, 0.2) is 77.7 Å². The highest BCUT2D eigenvalue weighted by molar-refractivity contribution is 5.90. The van der Waals surface area contributed by atoms with Crippen LogP contribution in [0.1, 0.15) is 13.3 Å². The average molecular weight is 377 g/mol. The molecule has 1 heterocycles. The Labute approximate surface area is 163 Å². The topological polar surface area (TPSA) is 72.4 Å². The Bertz CT molecular complexity index is 966. The summed E-state index contributed by atoms with van der Waals surface area (Å²) in [7, 11) is 0. The second-order valence-electron chi connectivity index (χ2n) is 6.27. The highest BCUT2D eigenvalue weighted by atomic mass is 16.5. The van der Waals surface area contributed by atoms with Crippen molar-refractivity contribution in [1.82, 2.24) is 4.57 Å². The third-order valence-electron chi connectivity index (χ3n) is 3.99. The first-order valence-corrected chi connectivity index (χ1v) is 9.20. The smallest absolute Gasteiger partial charge is 0.293 e. The van der Waals surface area contributed by atoms with Gasteiger partial charge in [-0.25, -0.2) is 0 Å². The molecule has 3 aromatic rings. The predicted molar refractivity (Wildman–Crippen MR) is 111 cm³/mol. The monoisotopic (exact) mass is 377 g/mol. The number of anilines is 3. The minimum absolute atomic E-state index is 0.0772. The number of aromatic nitrogens is 1. The van der Waals surface area contributed by atoms with E-state index < -0.39 is 0 Å². The quantitative estimate of drug-likeness (QED) is 0.622. The Morgan fingerprint density at radius 2 is 1.61 bits per heavy atom. The molecule has 0 unspecified atom stereocenters. The number of hydrogen-bond donors (Lipinski definition) is 2. The molecule has 2 aromatic carbocycles. The van der Waals surface area contributed by atoms with Crippen molar-refractivity contribution in [1.29, 1.82) is 0 Å². The number of carbonyl (C=O) groups is 1. The summed E-state index contributed by atoms with van der Waals surface area (Å²) in [4.78, 5) is 24.6. The standard InChI is InChI=1S/C22H23N3O3/c1-2-15-28-20-9-6-14-25(22(20)27)16-21(26)24-19-12-10-18(11-13-19)23-17-7-4-3-5-8-17/h3-14,23H,2,15-16H2,1H3,(H,24,26). The maximum atomic E-state index is 12.3.